The Morgan fingerprint density at radius 1 is 0.481 bits per heavy atom. The minimum absolute atomic E-state index is 0.166. The number of hydrogen-bond acceptors (Lipinski definition) is 10. The zero-order chi connectivity index (χ0) is 37.9. The molecule has 6 nitrogen and oxygen atoms in total. The molecule has 0 bridgehead atoms. The van der Waals surface area contributed by atoms with Crippen LogP contribution in [0.15, 0.2) is 47.5 Å². The Kier molecular flexibility index (Phi) is 6.71. The van der Waals surface area contributed by atoms with E-state index in [2.05, 4.69) is 0 Å². The normalized spacial score (nSPS) is 17.2. The molecule has 0 amide bonds. The van der Waals surface area contributed by atoms with Crippen LogP contribution in [-0.2, 0) is 11.2 Å². The van der Waals surface area contributed by atoms with Crippen LogP contribution in [0.5, 0.6) is 11.5 Å². The molecule has 4 aromatic heterocycles. The third-order valence-electron chi connectivity index (χ3n) is 10.0. The van der Waals surface area contributed by atoms with Crippen LogP contribution < -0.4 is 9.47 Å². The van der Waals surface area contributed by atoms with E-state index in [1.807, 2.05) is 39.8 Å². The van der Waals surface area contributed by atoms with Gasteiger partial charge in [0.25, 0.3) is 0 Å². The fraction of sp³-hybridized carbons (Fsp3) is 0.150. The van der Waals surface area contributed by atoms with Gasteiger partial charge in [-0.15, -0.1) is 45.3 Å². The summed E-state index contributed by atoms with van der Waals surface area (Å²) in [7, 11) is 0. The standard InChI is InChI=1S/C40H20F4O6S4/c1-39(2)21-7-13(5-19-27(45)15-9-23(41)24(42)10-16(15)28(19)46)51-33(21)35-31(49-39)37-38(53-35)32-36(54-37)34-22(40(3,4)50-32)8-14(52-34)6-20-29(47)17-11-25(43)26(44)12-18(17)30(20)48/h5-12H,1-4H3. The first-order valence-corrected chi connectivity index (χ1v) is 19.7. The lowest BCUT2D eigenvalue weighted by atomic mass is 9.94. The molecule has 0 atom stereocenters. The Labute approximate surface area is 318 Å². The number of rotatable bonds is 2. The fourth-order valence-corrected chi connectivity index (χ4v) is 12.8. The van der Waals surface area contributed by atoms with Gasteiger partial charge in [0, 0.05) is 43.1 Å². The number of carbonyl (C=O) groups excluding carboxylic acids is 4. The number of ether oxygens (including phenoxy) is 2. The highest BCUT2D eigenvalue weighted by Crippen LogP contribution is 2.64. The summed E-state index contributed by atoms with van der Waals surface area (Å²) in [6.07, 6.45) is 2.94. The largest absolute Gasteiger partial charge is 0.480 e. The topological polar surface area (TPSA) is 86.7 Å². The third-order valence-corrected chi connectivity index (χ3v) is 15.0. The predicted molar refractivity (Wildman–Crippen MR) is 200 cm³/mol. The second-order valence-electron chi connectivity index (χ2n) is 14.2. The van der Waals surface area contributed by atoms with E-state index in [0.29, 0.717) is 21.3 Å². The van der Waals surface area contributed by atoms with Gasteiger partial charge in [0.15, 0.2) is 57.9 Å². The molecule has 2 aromatic carbocycles. The van der Waals surface area contributed by atoms with Crippen LogP contribution in [0.4, 0.5) is 17.6 Å². The zero-order valence-corrected chi connectivity index (χ0v) is 31.5. The first-order valence-electron chi connectivity index (χ1n) is 16.4. The van der Waals surface area contributed by atoms with Gasteiger partial charge in [-0.05, 0) is 76.2 Å². The van der Waals surface area contributed by atoms with Crippen molar-refractivity contribution in [3.8, 4) is 31.0 Å². The van der Waals surface area contributed by atoms with Gasteiger partial charge in [-0.2, -0.15) is 0 Å². The summed E-state index contributed by atoms with van der Waals surface area (Å²) >= 11 is 5.75. The van der Waals surface area contributed by atoms with Crippen LogP contribution in [0.1, 0.15) is 90.0 Å². The molecule has 0 N–H and O–H groups in total. The van der Waals surface area contributed by atoms with Crippen LogP contribution in [0, 0.1) is 23.3 Å². The van der Waals surface area contributed by atoms with Gasteiger partial charge >= 0.3 is 0 Å². The maximum absolute atomic E-state index is 13.9. The lowest BCUT2D eigenvalue weighted by Crippen LogP contribution is -2.27. The Bertz CT molecular complexity index is 2630. The number of halogens is 4. The quantitative estimate of drug-likeness (QED) is 0.0985. The van der Waals surface area contributed by atoms with E-state index < -0.39 is 57.6 Å². The Hall–Kier alpha value is -5.02. The van der Waals surface area contributed by atoms with E-state index in [4.69, 9.17) is 9.47 Å². The van der Waals surface area contributed by atoms with Crippen molar-refractivity contribution in [3.05, 3.63) is 114 Å². The number of fused-ring (bicyclic) bond motifs is 11. The second kappa shape index (κ2) is 10.8. The molecule has 0 fully saturated rings. The molecule has 2 aliphatic carbocycles. The molecule has 14 heteroatoms. The van der Waals surface area contributed by atoms with Crippen molar-refractivity contribution in [2.45, 2.75) is 38.9 Å². The van der Waals surface area contributed by atoms with Gasteiger partial charge in [0.05, 0.1) is 40.1 Å². The van der Waals surface area contributed by atoms with Crippen molar-refractivity contribution in [3.63, 3.8) is 0 Å². The van der Waals surface area contributed by atoms with Crippen molar-refractivity contribution in [2.24, 2.45) is 0 Å². The van der Waals surface area contributed by atoms with E-state index >= 15 is 0 Å². The first kappa shape index (κ1) is 33.5. The molecule has 4 aliphatic rings. The van der Waals surface area contributed by atoms with Crippen molar-refractivity contribution in [2.75, 3.05) is 0 Å². The number of hydrogen-bond donors (Lipinski definition) is 0. The number of ketones is 4. The van der Waals surface area contributed by atoms with Crippen molar-refractivity contribution >= 4 is 90.0 Å². The minimum atomic E-state index is -1.20. The van der Waals surface area contributed by atoms with Gasteiger partial charge in [-0.25, -0.2) is 17.6 Å². The number of benzene rings is 2. The summed E-state index contributed by atoms with van der Waals surface area (Å²) < 4.78 is 70.8. The van der Waals surface area contributed by atoms with Gasteiger partial charge in [-0.3, -0.25) is 19.2 Å². The van der Waals surface area contributed by atoms with Crippen LogP contribution in [0.3, 0.4) is 0 Å². The monoisotopic (exact) mass is 800 g/mol. The van der Waals surface area contributed by atoms with Gasteiger partial charge in [-0.1, -0.05) is 0 Å². The molecule has 268 valence electrons. The van der Waals surface area contributed by atoms with E-state index in [-0.39, 0.29) is 33.4 Å². The number of carbonyl (C=O) groups is 4. The van der Waals surface area contributed by atoms with Crippen molar-refractivity contribution in [1.82, 2.24) is 0 Å². The van der Waals surface area contributed by atoms with Crippen LogP contribution in [-0.4, -0.2) is 23.1 Å². The molecule has 6 aromatic rings. The minimum Gasteiger partial charge on any atom is -0.480 e. The summed E-state index contributed by atoms with van der Waals surface area (Å²) in [5, 5.41) is 0. The first-order chi connectivity index (χ1) is 25.5. The highest BCUT2D eigenvalue weighted by Gasteiger charge is 2.43. The molecule has 0 radical (unpaired) electrons. The number of thiophene rings is 4. The Balaban J connectivity index is 1.05. The summed E-state index contributed by atoms with van der Waals surface area (Å²) in [4.78, 5) is 57.2. The van der Waals surface area contributed by atoms with E-state index in [0.717, 1.165) is 64.3 Å². The molecule has 10 rings (SSSR count). The van der Waals surface area contributed by atoms with Crippen LogP contribution in [0.2, 0.25) is 0 Å². The van der Waals surface area contributed by atoms with Gasteiger partial charge in [0.2, 0.25) is 0 Å². The highest BCUT2D eigenvalue weighted by atomic mass is 32.1. The lowest BCUT2D eigenvalue weighted by Gasteiger charge is -2.31. The molecule has 2 aliphatic heterocycles. The smallest absolute Gasteiger partial charge is 0.197 e. The fourth-order valence-electron chi connectivity index (χ4n) is 7.37. The molecule has 0 saturated heterocycles. The van der Waals surface area contributed by atoms with Crippen LogP contribution >= 0.6 is 45.3 Å². The highest BCUT2D eigenvalue weighted by molar-refractivity contribution is 7.35. The maximum Gasteiger partial charge on any atom is 0.197 e. The predicted octanol–water partition coefficient (Wildman–Crippen LogP) is 11.2. The SMILES string of the molecule is CC1(C)Oc2c(sc3c4c(sc23)-c2sc(C=C3C(=O)c5cc(F)c(F)cc5C3=O)cc2C(C)(C)O4)-c2sc(C=C3C(=O)c4cc(F)c(F)cc4C3=O)cc21. The second-order valence-corrected chi connectivity index (χ2v) is 18.5. The van der Waals surface area contributed by atoms with Crippen LogP contribution in [0.25, 0.3) is 41.1 Å². The summed E-state index contributed by atoms with van der Waals surface area (Å²) in [6, 6.07) is 6.77. The van der Waals surface area contributed by atoms with E-state index in [1.54, 1.807) is 0 Å². The van der Waals surface area contributed by atoms with E-state index in [1.165, 1.54) is 57.5 Å². The van der Waals surface area contributed by atoms with Crippen molar-refractivity contribution < 1.29 is 46.2 Å². The Morgan fingerprint density at radius 3 is 1.11 bits per heavy atom. The molecule has 54 heavy (non-hydrogen) atoms. The molecular weight excluding hydrogens is 781 g/mol. The molecule has 0 unspecified atom stereocenters. The number of Topliss-reactive ketones (excluding diaryl/α,β-unsaturated/α-hetero) is 4. The third kappa shape index (κ3) is 4.48. The summed E-state index contributed by atoms with van der Waals surface area (Å²) in [5.74, 6) is -6.11. The average molecular weight is 801 g/mol. The summed E-state index contributed by atoms with van der Waals surface area (Å²) in [5.41, 5.74) is -0.923. The Morgan fingerprint density at radius 2 is 0.796 bits per heavy atom. The average Bonchev–Trinajstić information content (AvgIpc) is 3.94. The molecule has 0 saturated carbocycles. The van der Waals surface area contributed by atoms with Crippen molar-refractivity contribution in [1.29, 1.82) is 0 Å². The number of allylic oxidation sites excluding steroid dienone is 2. The molecule has 6 heterocycles. The lowest BCUT2D eigenvalue weighted by molar-refractivity contribution is 0.0975. The molecular formula is C40H20F4O6S4. The van der Waals surface area contributed by atoms with E-state index in [9.17, 15) is 36.7 Å². The zero-order valence-electron chi connectivity index (χ0n) is 28.2. The van der Waals surface area contributed by atoms with Gasteiger partial charge < -0.3 is 9.47 Å². The molecule has 0 spiro atoms. The maximum atomic E-state index is 13.9. The van der Waals surface area contributed by atoms with Gasteiger partial charge in [0.1, 0.15) is 11.2 Å². The summed E-state index contributed by atoms with van der Waals surface area (Å²) in [6.45, 7) is 7.69.